The molecule has 0 saturated heterocycles. The highest BCUT2D eigenvalue weighted by molar-refractivity contribution is 9.10. The molecule has 104 valence electrons. The number of hydrogen-bond donors (Lipinski definition) is 2. The molecule has 2 rings (SSSR count). The van der Waals surface area contributed by atoms with Crippen LogP contribution < -0.4 is 15.8 Å². The summed E-state index contributed by atoms with van der Waals surface area (Å²) in [5.41, 5.74) is 7.20. The summed E-state index contributed by atoms with van der Waals surface area (Å²) >= 11 is 3.34. The van der Waals surface area contributed by atoms with Crippen LogP contribution in [0.2, 0.25) is 0 Å². The smallest absolute Gasteiger partial charge is 0.262 e. The summed E-state index contributed by atoms with van der Waals surface area (Å²) < 4.78 is 6.24. The number of nitrogen functional groups attached to an aromatic ring is 1. The van der Waals surface area contributed by atoms with Crippen molar-refractivity contribution in [3.8, 4) is 5.75 Å². The fourth-order valence-corrected chi connectivity index (χ4v) is 1.99. The van der Waals surface area contributed by atoms with Crippen molar-refractivity contribution in [1.82, 2.24) is 4.98 Å². The Morgan fingerprint density at radius 3 is 2.90 bits per heavy atom. The highest BCUT2D eigenvalue weighted by Gasteiger charge is 2.07. The van der Waals surface area contributed by atoms with E-state index in [9.17, 15) is 4.79 Å². The summed E-state index contributed by atoms with van der Waals surface area (Å²) in [7, 11) is 0. The van der Waals surface area contributed by atoms with Crippen molar-refractivity contribution in [3.63, 3.8) is 0 Å². The molecule has 0 aliphatic rings. The fraction of sp³-hybridized carbons (Fsp3) is 0.143. The molecule has 20 heavy (non-hydrogen) atoms. The number of nitrogens with zero attached hydrogens (tertiary/aromatic N) is 1. The van der Waals surface area contributed by atoms with Gasteiger partial charge in [0.15, 0.2) is 18.2 Å². The molecule has 0 radical (unpaired) electrons. The third-order valence-corrected chi connectivity index (χ3v) is 2.99. The lowest BCUT2D eigenvalue weighted by atomic mass is 10.3. The summed E-state index contributed by atoms with van der Waals surface area (Å²) in [5.74, 6) is 0.420. The van der Waals surface area contributed by atoms with Gasteiger partial charge >= 0.3 is 0 Å². The number of amides is 1. The third kappa shape index (κ3) is 3.96. The first-order chi connectivity index (χ1) is 9.54. The Bertz CT molecular complexity index is 632. The number of hydrogen-bond acceptors (Lipinski definition) is 4. The largest absolute Gasteiger partial charge is 0.480 e. The Balaban J connectivity index is 1.92. The molecule has 0 aliphatic heterocycles. The zero-order valence-electron chi connectivity index (χ0n) is 10.9. The van der Waals surface area contributed by atoms with Gasteiger partial charge in [-0.15, -0.1) is 0 Å². The number of ether oxygens (including phenoxy) is 1. The Morgan fingerprint density at radius 2 is 2.20 bits per heavy atom. The average Bonchev–Trinajstić information content (AvgIpc) is 2.37. The molecule has 3 N–H and O–H groups in total. The van der Waals surface area contributed by atoms with Crippen LogP contribution in [-0.4, -0.2) is 17.5 Å². The number of benzene rings is 1. The van der Waals surface area contributed by atoms with E-state index < -0.39 is 0 Å². The lowest BCUT2D eigenvalue weighted by Crippen LogP contribution is -2.20. The molecule has 0 fully saturated rings. The molecule has 0 atom stereocenters. The number of nitrogens with two attached hydrogens (primary N) is 1. The van der Waals surface area contributed by atoms with E-state index >= 15 is 0 Å². The van der Waals surface area contributed by atoms with Gasteiger partial charge in [-0.05, 0) is 37.3 Å². The molecule has 2 aromatic rings. The molecule has 0 saturated carbocycles. The van der Waals surface area contributed by atoms with E-state index in [1.165, 1.54) is 0 Å². The van der Waals surface area contributed by atoms with E-state index in [0.717, 1.165) is 10.2 Å². The Labute approximate surface area is 125 Å². The lowest BCUT2D eigenvalue weighted by molar-refractivity contribution is -0.118. The molecule has 5 nitrogen and oxygen atoms in total. The monoisotopic (exact) mass is 335 g/mol. The summed E-state index contributed by atoms with van der Waals surface area (Å²) in [6.45, 7) is 1.71. The van der Waals surface area contributed by atoms with Crippen LogP contribution in [0.4, 0.5) is 11.5 Å². The van der Waals surface area contributed by atoms with E-state index in [1.54, 1.807) is 24.3 Å². The van der Waals surface area contributed by atoms with E-state index in [1.807, 2.05) is 19.1 Å². The Kier molecular flexibility index (Phi) is 4.57. The van der Waals surface area contributed by atoms with E-state index in [0.29, 0.717) is 11.4 Å². The lowest BCUT2D eigenvalue weighted by Gasteiger charge is -2.09. The van der Waals surface area contributed by atoms with Crippen LogP contribution in [0.1, 0.15) is 5.69 Å². The van der Waals surface area contributed by atoms with Gasteiger partial charge in [-0.2, -0.15) is 0 Å². The molecule has 6 heteroatoms. The topological polar surface area (TPSA) is 77.2 Å². The maximum atomic E-state index is 11.8. The number of rotatable bonds is 4. The summed E-state index contributed by atoms with van der Waals surface area (Å²) in [6.07, 6.45) is 0. The summed E-state index contributed by atoms with van der Waals surface area (Å²) in [6, 6.07) is 10.8. The third-order valence-electron chi connectivity index (χ3n) is 2.49. The van der Waals surface area contributed by atoms with Crippen molar-refractivity contribution in [2.45, 2.75) is 6.92 Å². The second-order valence-electron chi connectivity index (χ2n) is 4.18. The number of halogens is 1. The van der Waals surface area contributed by atoms with Gasteiger partial charge in [0.1, 0.15) is 0 Å². The molecular weight excluding hydrogens is 322 g/mol. The second kappa shape index (κ2) is 6.38. The van der Waals surface area contributed by atoms with Crippen LogP contribution in [0.3, 0.4) is 0 Å². The first kappa shape index (κ1) is 14.3. The average molecular weight is 336 g/mol. The number of aryl methyl sites for hydroxylation is 1. The van der Waals surface area contributed by atoms with Gasteiger partial charge in [-0.25, -0.2) is 4.98 Å². The molecule has 1 heterocycles. The number of nitrogens with one attached hydrogen (secondary N) is 1. The van der Waals surface area contributed by atoms with Gasteiger partial charge in [0, 0.05) is 15.9 Å². The number of anilines is 2. The highest BCUT2D eigenvalue weighted by atomic mass is 79.9. The van der Waals surface area contributed by atoms with Crippen molar-refractivity contribution in [1.29, 1.82) is 0 Å². The van der Waals surface area contributed by atoms with E-state index in [-0.39, 0.29) is 18.3 Å². The van der Waals surface area contributed by atoms with Gasteiger partial charge in [-0.3, -0.25) is 4.79 Å². The van der Waals surface area contributed by atoms with Gasteiger partial charge < -0.3 is 15.8 Å². The van der Waals surface area contributed by atoms with Crippen LogP contribution in [0.25, 0.3) is 0 Å². The number of pyridine rings is 1. The van der Waals surface area contributed by atoms with Crippen LogP contribution in [0.5, 0.6) is 5.75 Å². The fourth-order valence-electron chi connectivity index (χ4n) is 1.59. The number of aromatic nitrogens is 1. The van der Waals surface area contributed by atoms with Gasteiger partial charge in [0.25, 0.3) is 5.91 Å². The summed E-state index contributed by atoms with van der Waals surface area (Å²) in [5, 5.41) is 2.73. The van der Waals surface area contributed by atoms with Crippen LogP contribution in [-0.2, 0) is 4.79 Å². The Hall–Kier alpha value is -2.08. The number of carbonyl (C=O) groups is 1. The first-order valence-electron chi connectivity index (χ1n) is 5.96. The molecule has 0 aliphatic carbocycles. The minimum absolute atomic E-state index is 0.124. The van der Waals surface area contributed by atoms with Gasteiger partial charge in [-0.1, -0.05) is 22.0 Å². The quantitative estimate of drug-likeness (QED) is 0.900. The molecule has 0 unspecified atom stereocenters. The predicted octanol–water partition coefficient (Wildman–Crippen LogP) is 2.75. The highest BCUT2D eigenvalue weighted by Crippen LogP contribution is 2.19. The summed E-state index contributed by atoms with van der Waals surface area (Å²) in [4.78, 5) is 15.8. The maximum Gasteiger partial charge on any atom is 0.262 e. The van der Waals surface area contributed by atoms with E-state index in [4.69, 9.17) is 10.5 Å². The van der Waals surface area contributed by atoms with Crippen molar-refractivity contribution < 1.29 is 9.53 Å². The molecule has 1 aromatic heterocycles. The standard InChI is InChI=1S/C14H14BrN3O2/c1-9-5-6-12(14(16)17-9)20-8-13(19)18-11-4-2-3-10(15)7-11/h2-7H,8H2,1H3,(H2,16,17)(H,18,19). The van der Waals surface area contributed by atoms with Crippen LogP contribution >= 0.6 is 15.9 Å². The Morgan fingerprint density at radius 1 is 1.40 bits per heavy atom. The normalized spacial score (nSPS) is 10.1. The minimum Gasteiger partial charge on any atom is -0.480 e. The van der Waals surface area contributed by atoms with Crippen molar-refractivity contribution in [3.05, 3.63) is 46.6 Å². The van der Waals surface area contributed by atoms with Crippen LogP contribution in [0.15, 0.2) is 40.9 Å². The van der Waals surface area contributed by atoms with Gasteiger partial charge in [0.05, 0.1) is 0 Å². The molecule has 1 amide bonds. The SMILES string of the molecule is Cc1ccc(OCC(=O)Nc2cccc(Br)c2)c(N)n1. The van der Waals surface area contributed by atoms with E-state index in [2.05, 4.69) is 26.2 Å². The van der Waals surface area contributed by atoms with Crippen molar-refractivity contribution in [2.24, 2.45) is 0 Å². The van der Waals surface area contributed by atoms with Gasteiger partial charge in [0.2, 0.25) is 0 Å². The second-order valence-corrected chi connectivity index (χ2v) is 5.10. The van der Waals surface area contributed by atoms with Crippen LogP contribution in [0, 0.1) is 6.92 Å². The molecule has 0 spiro atoms. The predicted molar refractivity (Wildman–Crippen MR) is 81.7 cm³/mol. The molecule has 0 bridgehead atoms. The van der Waals surface area contributed by atoms with Crippen molar-refractivity contribution >= 4 is 33.3 Å². The first-order valence-corrected chi connectivity index (χ1v) is 6.75. The minimum atomic E-state index is -0.261. The number of carbonyl (C=O) groups excluding carboxylic acids is 1. The van der Waals surface area contributed by atoms with Crippen molar-refractivity contribution in [2.75, 3.05) is 17.7 Å². The molecular formula is C14H14BrN3O2. The maximum absolute atomic E-state index is 11.8. The zero-order valence-corrected chi connectivity index (χ0v) is 12.5. The molecule has 1 aromatic carbocycles. The zero-order chi connectivity index (χ0) is 14.5.